The largest absolute Gasteiger partial charge is 0.493 e. The number of carbonyl (C=O) groups is 1. The maximum atomic E-state index is 11.8. The third-order valence-electron chi connectivity index (χ3n) is 3.69. The van der Waals surface area contributed by atoms with E-state index in [4.69, 9.17) is 14.2 Å². The zero-order valence-electron chi connectivity index (χ0n) is 15.4. The molecule has 0 atom stereocenters. The molecule has 0 spiro atoms. The first kappa shape index (κ1) is 20.0. The van der Waals surface area contributed by atoms with Crippen molar-refractivity contribution in [3.63, 3.8) is 0 Å². The number of aryl methyl sites for hydroxylation is 1. The maximum Gasteiger partial charge on any atom is 0.409 e. The van der Waals surface area contributed by atoms with Crippen LogP contribution in [0.2, 0.25) is 0 Å². The van der Waals surface area contributed by atoms with Crippen LogP contribution in [0.25, 0.3) is 6.08 Å². The van der Waals surface area contributed by atoms with Crippen LogP contribution in [0.5, 0.6) is 11.5 Å². The van der Waals surface area contributed by atoms with E-state index in [1.165, 1.54) is 13.2 Å². The summed E-state index contributed by atoms with van der Waals surface area (Å²) in [7, 11) is 1.52. The first-order valence-corrected chi connectivity index (χ1v) is 8.34. The monoisotopic (exact) mass is 371 g/mol. The summed E-state index contributed by atoms with van der Waals surface area (Å²) < 4.78 is 16.0. The minimum Gasteiger partial charge on any atom is -0.493 e. The van der Waals surface area contributed by atoms with Crippen molar-refractivity contribution in [1.29, 1.82) is 0 Å². The summed E-state index contributed by atoms with van der Waals surface area (Å²) in [6, 6.07) is 12.8. The number of hydrogen-bond acceptors (Lipinski definition) is 6. The lowest BCUT2D eigenvalue weighted by atomic mass is 10.1. The van der Waals surface area contributed by atoms with Crippen LogP contribution in [0.4, 0.5) is 0 Å². The number of methoxy groups -OCH3 is 1. The maximum absolute atomic E-state index is 11.8. The Balaban J connectivity index is 2.37. The Morgan fingerprint density at radius 2 is 1.93 bits per heavy atom. The SMILES string of the molecule is CCOC(=O)/C(=C\c1cc(C)c(OC)c(OCc2ccccc2)c1)[N+](=O)[O-]. The molecular weight excluding hydrogens is 350 g/mol. The highest BCUT2D eigenvalue weighted by molar-refractivity contribution is 5.91. The fraction of sp³-hybridized carbons (Fsp3) is 0.250. The van der Waals surface area contributed by atoms with E-state index in [9.17, 15) is 14.9 Å². The topological polar surface area (TPSA) is 87.9 Å². The van der Waals surface area contributed by atoms with Crippen LogP contribution in [-0.4, -0.2) is 24.6 Å². The van der Waals surface area contributed by atoms with E-state index in [1.54, 1.807) is 26.0 Å². The van der Waals surface area contributed by atoms with Crippen LogP contribution in [0.15, 0.2) is 48.2 Å². The predicted molar refractivity (Wildman–Crippen MR) is 100 cm³/mol. The lowest BCUT2D eigenvalue weighted by Crippen LogP contribution is -2.14. The molecule has 27 heavy (non-hydrogen) atoms. The van der Waals surface area contributed by atoms with Crippen LogP contribution < -0.4 is 9.47 Å². The molecular formula is C20H21NO6. The van der Waals surface area contributed by atoms with Crippen molar-refractivity contribution >= 4 is 12.0 Å². The van der Waals surface area contributed by atoms with Gasteiger partial charge in [0.1, 0.15) is 6.61 Å². The lowest BCUT2D eigenvalue weighted by Gasteiger charge is -2.14. The standard InChI is InChI=1S/C20H21NO6/c1-4-26-20(22)17(21(23)24)11-16-10-14(2)19(25-3)18(12-16)27-13-15-8-6-5-7-9-15/h5-12H,4,13H2,1-3H3/b17-11+. The number of esters is 1. The highest BCUT2D eigenvalue weighted by Gasteiger charge is 2.24. The molecule has 7 heteroatoms. The number of ether oxygens (including phenoxy) is 3. The minimum absolute atomic E-state index is 0.0527. The molecule has 0 heterocycles. The molecule has 0 radical (unpaired) electrons. The van der Waals surface area contributed by atoms with Gasteiger partial charge in [0, 0.05) is 6.08 Å². The van der Waals surface area contributed by atoms with E-state index in [-0.39, 0.29) is 6.61 Å². The van der Waals surface area contributed by atoms with Gasteiger partial charge >= 0.3 is 11.7 Å². The summed E-state index contributed by atoms with van der Waals surface area (Å²) in [6.45, 7) is 3.74. The number of nitrogens with zero attached hydrogens (tertiary/aromatic N) is 1. The van der Waals surface area contributed by atoms with Crippen LogP contribution in [0.1, 0.15) is 23.6 Å². The second-order valence-corrected chi connectivity index (χ2v) is 5.65. The van der Waals surface area contributed by atoms with Gasteiger partial charge in [-0.2, -0.15) is 0 Å². The smallest absolute Gasteiger partial charge is 0.409 e. The highest BCUT2D eigenvalue weighted by atomic mass is 16.6. The molecule has 0 aliphatic heterocycles. The number of carbonyl (C=O) groups excluding carboxylic acids is 1. The van der Waals surface area contributed by atoms with E-state index < -0.39 is 16.6 Å². The first-order chi connectivity index (χ1) is 13.0. The average Bonchev–Trinajstić information content (AvgIpc) is 2.65. The van der Waals surface area contributed by atoms with Crippen LogP contribution >= 0.6 is 0 Å². The van der Waals surface area contributed by atoms with Gasteiger partial charge in [-0.05, 0) is 42.7 Å². The van der Waals surface area contributed by atoms with Gasteiger partial charge in [0.05, 0.1) is 18.6 Å². The molecule has 0 saturated carbocycles. The van der Waals surface area contributed by atoms with E-state index >= 15 is 0 Å². The summed E-state index contributed by atoms with van der Waals surface area (Å²) in [5.41, 5.74) is 1.49. The van der Waals surface area contributed by atoms with E-state index in [2.05, 4.69) is 0 Å². The summed E-state index contributed by atoms with van der Waals surface area (Å²) in [6.07, 6.45) is 1.17. The predicted octanol–water partition coefficient (Wildman–Crippen LogP) is 3.76. The minimum atomic E-state index is -0.984. The number of rotatable bonds is 8. The van der Waals surface area contributed by atoms with E-state index in [0.717, 1.165) is 11.1 Å². The van der Waals surface area contributed by atoms with E-state index in [0.29, 0.717) is 23.7 Å². The van der Waals surface area contributed by atoms with Crippen molar-refractivity contribution in [3.8, 4) is 11.5 Å². The molecule has 2 aromatic carbocycles. The van der Waals surface area contributed by atoms with Crippen molar-refractivity contribution in [3.05, 3.63) is 75.0 Å². The third kappa shape index (κ3) is 5.31. The third-order valence-corrected chi connectivity index (χ3v) is 3.69. The van der Waals surface area contributed by atoms with Crippen molar-refractivity contribution < 1.29 is 23.9 Å². The quantitative estimate of drug-likeness (QED) is 0.304. The average molecular weight is 371 g/mol. The Kier molecular flexibility index (Phi) is 6.93. The van der Waals surface area contributed by atoms with Gasteiger partial charge in [-0.15, -0.1) is 0 Å². The normalized spacial score (nSPS) is 11.0. The molecule has 0 fully saturated rings. The molecule has 0 aromatic heterocycles. The molecule has 0 amide bonds. The Morgan fingerprint density at radius 1 is 1.22 bits per heavy atom. The summed E-state index contributed by atoms with van der Waals surface area (Å²) in [4.78, 5) is 22.2. The lowest BCUT2D eigenvalue weighted by molar-refractivity contribution is -0.419. The molecule has 0 bridgehead atoms. The second kappa shape index (κ2) is 9.38. The molecule has 0 unspecified atom stereocenters. The Hall–Kier alpha value is -3.35. The second-order valence-electron chi connectivity index (χ2n) is 5.65. The van der Waals surface area contributed by atoms with Crippen LogP contribution in [0.3, 0.4) is 0 Å². The Morgan fingerprint density at radius 3 is 2.52 bits per heavy atom. The first-order valence-electron chi connectivity index (χ1n) is 8.34. The molecule has 7 nitrogen and oxygen atoms in total. The molecule has 0 saturated heterocycles. The molecule has 0 aliphatic carbocycles. The Bertz CT molecular complexity index is 845. The summed E-state index contributed by atoms with van der Waals surface area (Å²) in [5, 5.41) is 11.2. The van der Waals surface area contributed by atoms with Crippen molar-refractivity contribution in [1.82, 2.24) is 0 Å². The molecule has 2 aromatic rings. The Labute approximate surface area is 157 Å². The zero-order chi connectivity index (χ0) is 19.8. The van der Waals surface area contributed by atoms with Gasteiger partial charge < -0.3 is 14.2 Å². The van der Waals surface area contributed by atoms with Crippen LogP contribution in [0, 0.1) is 17.0 Å². The molecule has 142 valence electrons. The molecule has 2 rings (SSSR count). The highest BCUT2D eigenvalue weighted by Crippen LogP contribution is 2.33. The van der Waals surface area contributed by atoms with E-state index in [1.807, 2.05) is 30.3 Å². The fourth-order valence-corrected chi connectivity index (χ4v) is 2.50. The van der Waals surface area contributed by atoms with Crippen molar-refractivity contribution in [2.45, 2.75) is 20.5 Å². The number of benzene rings is 2. The fourth-order valence-electron chi connectivity index (χ4n) is 2.50. The van der Waals surface area contributed by atoms with Gasteiger partial charge in [0.2, 0.25) is 0 Å². The molecule has 0 N–H and O–H groups in total. The van der Waals surface area contributed by atoms with Crippen molar-refractivity contribution in [2.24, 2.45) is 0 Å². The zero-order valence-corrected chi connectivity index (χ0v) is 15.4. The summed E-state index contributed by atoms with van der Waals surface area (Å²) >= 11 is 0. The van der Waals surface area contributed by atoms with Crippen LogP contribution in [-0.2, 0) is 16.1 Å². The summed E-state index contributed by atoms with van der Waals surface area (Å²) in [5.74, 6) is -0.0243. The van der Waals surface area contributed by atoms with Gasteiger partial charge in [-0.1, -0.05) is 30.3 Å². The number of nitro groups is 1. The van der Waals surface area contributed by atoms with Gasteiger partial charge in [-0.25, -0.2) is 4.79 Å². The number of hydrogen-bond donors (Lipinski definition) is 0. The van der Waals surface area contributed by atoms with Gasteiger partial charge in [0.25, 0.3) is 0 Å². The molecule has 0 aliphatic rings. The van der Waals surface area contributed by atoms with Crippen molar-refractivity contribution in [2.75, 3.05) is 13.7 Å². The van der Waals surface area contributed by atoms with Gasteiger partial charge in [0.15, 0.2) is 11.5 Å². The van der Waals surface area contributed by atoms with Gasteiger partial charge in [-0.3, -0.25) is 10.1 Å².